The van der Waals surface area contributed by atoms with Crippen LogP contribution in [0.2, 0.25) is 0 Å². The fraction of sp³-hybridized carbons (Fsp3) is 0.357. The van der Waals surface area contributed by atoms with Crippen molar-refractivity contribution in [3.63, 3.8) is 0 Å². The topological polar surface area (TPSA) is 114 Å². The maximum atomic E-state index is 13.6. The number of carbonyl (C=O) groups excluding carboxylic acids is 2. The van der Waals surface area contributed by atoms with Gasteiger partial charge in [-0.3, -0.25) is 14.3 Å². The molecule has 3 aromatic heterocycles. The second-order valence-electron chi connectivity index (χ2n) is 10.2. The van der Waals surface area contributed by atoms with Crippen molar-refractivity contribution in [2.24, 2.45) is 5.92 Å². The number of ketones is 1. The number of amides is 1. The van der Waals surface area contributed by atoms with Crippen LogP contribution in [0.5, 0.6) is 0 Å². The Labute approximate surface area is 228 Å². The molecule has 1 saturated heterocycles. The van der Waals surface area contributed by atoms with Gasteiger partial charge in [-0.1, -0.05) is 12.1 Å². The molecule has 4 aromatic rings. The predicted molar refractivity (Wildman–Crippen MR) is 144 cm³/mol. The van der Waals surface area contributed by atoms with Crippen molar-refractivity contribution >= 4 is 38.5 Å². The zero-order chi connectivity index (χ0) is 26.6. The number of aryl methyl sites for hydroxylation is 1. The van der Waals surface area contributed by atoms with Crippen LogP contribution in [0.4, 0.5) is 0 Å². The molecule has 0 bridgehead atoms. The summed E-state index contributed by atoms with van der Waals surface area (Å²) in [7, 11) is 0. The van der Waals surface area contributed by atoms with Crippen LogP contribution in [0.15, 0.2) is 53.4 Å². The van der Waals surface area contributed by atoms with Gasteiger partial charge in [0.2, 0.25) is 5.91 Å². The largest absolute Gasteiger partial charge is 0.387 e. The highest BCUT2D eigenvalue weighted by atomic mass is 79.9. The molecule has 1 aromatic carbocycles. The number of likely N-dealkylation sites (tertiary alicyclic amines) is 1. The zero-order valence-corrected chi connectivity index (χ0v) is 22.7. The Morgan fingerprint density at radius 2 is 1.92 bits per heavy atom. The van der Waals surface area contributed by atoms with E-state index in [9.17, 15) is 14.7 Å². The van der Waals surface area contributed by atoms with E-state index in [4.69, 9.17) is 0 Å². The molecule has 1 aliphatic carbocycles. The zero-order valence-electron chi connectivity index (χ0n) is 21.1. The Morgan fingerprint density at radius 3 is 2.66 bits per heavy atom. The minimum absolute atomic E-state index is 0.00164. The Bertz CT molecular complexity index is 1550. The van der Waals surface area contributed by atoms with Gasteiger partial charge in [0.05, 0.1) is 29.8 Å². The van der Waals surface area contributed by atoms with Gasteiger partial charge in [-0.25, -0.2) is 15.0 Å². The quantitative estimate of drug-likeness (QED) is 0.334. The normalized spacial score (nSPS) is 20.9. The summed E-state index contributed by atoms with van der Waals surface area (Å²) in [4.78, 5) is 41.6. The standard InChI is InChI=1S/C28H27BrN6O3/c1-15(36)28-21-8-17(19-12-30-16(2)31-13-19)6-7-22(21)34(33-28)14-27(38)35-23-9-18(23)10-24(35)25(37)11-20-4-3-5-26(29)32-20/h3-8,12-13,15,18,23-24,36H,9-11,14H2,1-2H3/t15?,18-,23?,24+/m1/s1. The van der Waals surface area contributed by atoms with Crippen LogP contribution in [0.25, 0.3) is 22.0 Å². The fourth-order valence-corrected chi connectivity index (χ4v) is 5.89. The summed E-state index contributed by atoms with van der Waals surface area (Å²) >= 11 is 3.36. The van der Waals surface area contributed by atoms with Crippen molar-refractivity contribution < 1.29 is 14.7 Å². The number of Topliss-reactive ketones (excluding diaryl/α,β-unsaturated/α-hetero) is 1. The monoisotopic (exact) mass is 574 g/mol. The second-order valence-corrected chi connectivity index (χ2v) is 11.0. The molecule has 2 fully saturated rings. The number of aliphatic hydroxyl groups is 1. The summed E-state index contributed by atoms with van der Waals surface area (Å²) in [5.41, 5.74) is 3.70. The van der Waals surface area contributed by atoms with Gasteiger partial charge in [-0.2, -0.15) is 5.10 Å². The number of hydrogen-bond acceptors (Lipinski definition) is 7. The molecule has 0 radical (unpaired) electrons. The lowest BCUT2D eigenvalue weighted by atomic mass is 10.0. The Hall–Kier alpha value is -3.50. The van der Waals surface area contributed by atoms with Crippen molar-refractivity contribution in [1.82, 2.24) is 29.6 Å². The van der Waals surface area contributed by atoms with Crippen molar-refractivity contribution in [3.05, 3.63) is 70.6 Å². The third-order valence-corrected chi connectivity index (χ3v) is 7.91. The van der Waals surface area contributed by atoms with Crippen molar-refractivity contribution in [2.45, 2.75) is 57.8 Å². The summed E-state index contributed by atoms with van der Waals surface area (Å²) in [5, 5.41) is 15.8. The number of nitrogens with zero attached hydrogens (tertiary/aromatic N) is 6. The lowest BCUT2D eigenvalue weighted by Crippen LogP contribution is -2.45. The van der Waals surface area contributed by atoms with E-state index in [1.54, 1.807) is 28.9 Å². The molecule has 10 heteroatoms. The van der Waals surface area contributed by atoms with Gasteiger partial charge in [0.25, 0.3) is 0 Å². The number of fused-ring (bicyclic) bond motifs is 2. The van der Waals surface area contributed by atoms with Gasteiger partial charge < -0.3 is 10.0 Å². The number of rotatable bonds is 7. The van der Waals surface area contributed by atoms with Crippen LogP contribution in [-0.4, -0.2) is 58.5 Å². The maximum Gasteiger partial charge on any atom is 0.245 e. The lowest BCUT2D eigenvalue weighted by molar-refractivity contribution is -0.139. The molecule has 1 saturated carbocycles. The van der Waals surface area contributed by atoms with Gasteiger partial charge in [-0.15, -0.1) is 0 Å². The first-order chi connectivity index (χ1) is 18.3. The molecule has 2 unspecified atom stereocenters. The molecular weight excluding hydrogens is 548 g/mol. The molecule has 2 aliphatic rings. The molecule has 6 rings (SSSR count). The average molecular weight is 575 g/mol. The van der Waals surface area contributed by atoms with Crippen LogP contribution >= 0.6 is 15.9 Å². The predicted octanol–water partition coefficient (Wildman–Crippen LogP) is 3.81. The van der Waals surface area contributed by atoms with Gasteiger partial charge in [0.15, 0.2) is 5.78 Å². The van der Waals surface area contributed by atoms with E-state index in [1.807, 2.05) is 43.3 Å². The molecule has 38 heavy (non-hydrogen) atoms. The van der Waals surface area contributed by atoms with Crippen LogP contribution in [0.1, 0.15) is 43.1 Å². The first-order valence-electron chi connectivity index (χ1n) is 12.7. The van der Waals surface area contributed by atoms with Crippen LogP contribution in [0.3, 0.4) is 0 Å². The number of aliphatic hydroxyl groups excluding tert-OH is 1. The number of aromatic nitrogens is 5. The Balaban J connectivity index is 1.26. The van der Waals surface area contributed by atoms with Gasteiger partial charge >= 0.3 is 0 Å². The molecule has 1 amide bonds. The first kappa shape index (κ1) is 24.8. The van der Waals surface area contributed by atoms with Crippen molar-refractivity contribution in [2.75, 3.05) is 0 Å². The van der Waals surface area contributed by atoms with Gasteiger partial charge in [-0.05, 0) is 78.4 Å². The summed E-state index contributed by atoms with van der Waals surface area (Å²) in [6, 6.07) is 11.0. The third kappa shape index (κ3) is 4.63. The SMILES string of the molecule is Cc1ncc(-c2ccc3c(c2)c(C(C)O)nn3CC(=O)N2C3C[C@@H]3C[C@H]2C(=O)Cc2cccc(Br)n2)cn1. The molecule has 194 valence electrons. The van der Waals surface area contributed by atoms with Crippen molar-refractivity contribution in [3.8, 4) is 11.1 Å². The first-order valence-corrected chi connectivity index (χ1v) is 13.5. The maximum absolute atomic E-state index is 13.6. The number of halogens is 1. The summed E-state index contributed by atoms with van der Waals surface area (Å²) < 4.78 is 2.32. The number of benzene rings is 1. The molecule has 9 nitrogen and oxygen atoms in total. The second kappa shape index (κ2) is 9.67. The molecule has 1 N–H and O–H groups in total. The van der Waals surface area contributed by atoms with Crippen LogP contribution < -0.4 is 0 Å². The van der Waals surface area contributed by atoms with E-state index in [-0.39, 0.29) is 30.7 Å². The minimum atomic E-state index is -0.815. The van der Waals surface area contributed by atoms with E-state index in [2.05, 4.69) is 36.0 Å². The highest BCUT2D eigenvalue weighted by Gasteiger charge is 2.55. The van der Waals surface area contributed by atoms with E-state index in [0.717, 1.165) is 28.5 Å². The smallest absolute Gasteiger partial charge is 0.245 e. The number of hydrogen-bond donors (Lipinski definition) is 1. The summed E-state index contributed by atoms with van der Waals surface area (Å²) in [5.74, 6) is 0.949. The molecule has 4 atom stereocenters. The van der Waals surface area contributed by atoms with Crippen LogP contribution in [-0.2, 0) is 22.6 Å². The van der Waals surface area contributed by atoms with E-state index in [1.165, 1.54) is 0 Å². The highest BCUT2D eigenvalue weighted by Crippen LogP contribution is 2.48. The minimum Gasteiger partial charge on any atom is -0.387 e. The number of piperidine rings is 1. The molecule has 0 spiro atoms. The van der Waals surface area contributed by atoms with Crippen LogP contribution in [0, 0.1) is 12.8 Å². The fourth-order valence-electron chi connectivity index (χ4n) is 5.51. The summed E-state index contributed by atoms with van der Waals surface area (Å²) in [6.07, 6.45) is 4.54. The molecule has 4 heterocycles. The van der Waals surface area contributed by atoms with E-state index >= 15 is 0 Å². The summed E-state index contributed by atoms with van der Waals surface area (Å²) in [6.45, 7) is 3.49. The number of pyridine rings is 1. The molecule has 1 aliphatic heterocycles. The van der Waals surface area contributed by atoms with E-state index < -0.39 is 12.1 Å². The average Bonchev–Trinajstić information content (AvgIpc) is 3.39. The van der Waals surface area contributed by atoms with Gasteiger partial charge in [0.1, 0.15) is 17.0 Å². The van der Waals surface area contributed by atoms with Crippen molar-refractivity contribution in [1.29, 1.82) is 0 Å². The highest BCUT2D eigenvalue weighted by molar-refractivity contribution is 9.10. The lowest BCUT2D eigenvalue weighted by Gasteiger charge is -2.27. The third-order valence-electron chi connectivity index (χ3n) is 7.47. The Morgan fingerprint density at radius 1 is 1.13 bits per heavy atom. The Kier molecular flexibility index (Phi) is 6.31. The van der Waals surface area contributed by atoms with Gasteiger partial charge in [0, 0.05) is 35.1 Å². The molecular formula is C28H27BrN6O3. The number of carbonyl (C=O) groups is 2. The van der Waals surface area contributed by atoms with E-state index in [0.29, 0.717) is 34.2 Å².